The quantitative estimate of drug-likeness (QED) is 0.556. The van der Waals surface area contributed by atoms with Gasteiger partial charge >= 0.3 is 6.18 Å². The Bertz CT molecular complexity index is 1010. The number of amides is 1. The van der Waals surface area contributed by atoms with E-state index in [1.807, 2.05) is 6.92 Å². The molecule has 3 aromatic rings. The molecule has 5 nitrogen and oxygen atoms in total. The average molecular weight is 449 g/mol. The Kier molecular flexibility index (Phi) is 6.07. The molecule has 2 aromatic heterocycles. The number of benzene rings is 1. The lowest BCUT2D eigenvalue weighted by atomic mass is 10.1. The molecule has 3 rings (SSSR count). The highest BCUT2D eigenvalue weighted by Gasteiger charge is 2.32. The van der Waals surface area contributed by atoms with Gasteiger partial charge in [-0.2, -0.15) is 13.2 Å². The number of alkyl halides is 3. The molecule has 0 aliphatic heterocycles. The van der Waals surface area contributed by atoms with Crippen LogP contribution in [-0.4, -0.2) is 26.3 Å². The molecule has 1 aromatic carbocycles. The van der Waals surface area contributed by atoms with E-state index in [-0.39, 0.29) is 33.5 Å². The first-order chi connectivity index (χ1) is 13.1. The van der Waals surface area contributed by atoms with E-state index in [0.29, 0.717) is 5.02 Å². The number of pyridine rings is 1. The zero-order valence-electron chi connectivity index (χ0n) is 14.3. The van der Waals surface area contributed by atoms with Crippen LogP contribution in [0.25, 0.3) is 5.65 Å². The molecular weight excluding hydrogens is 436 g/mol. The largest absolute Gasteiger partial charge is 0.417 e. The highest BCUT2D eigenvalue weighted by atomic mass is 35.5. The van der Waals surface area contributed by atoms with E-state index in [9.17, 15) is 18.0 Å². The molecule has 0 bridgehead atoms. The SMILES string of the molecule is CC(NC(=O)CSc1nnc2c(Cl)cc(C(F)(F)F)cn12)c1ccc(Cl)cc1. The van der Waals surface area contributed by atoms with Crippen molar-refractivity contribution in [2.75, 3.05) is 5.75 Å². The summed E-state index contributed by atoms with van der Waals surface area (Å²) in [5.41, 5.74) is 0.0387. The molecule has 1 atom stereocenters. The Morgan fingerprint density at radius 3 is 2.57 bits per heavy atom. The summed E-state index contributed by atoms with van der Waals surface area (Å²) >= 11 is 12.7. The third kappa shape index (κ3) is 4.71. The van der Waals surface area contributed by atoms with Crippen molar-refractivity contribution >= 4 is 46.5 Å². The van der Waals surface area contributed by atoms with E-state index >= 15 is 0 Å². The minimum atomic E-state index is -4.56. The van der Waals surface area contributed by atoms with Gasteiger partial charge < -0.3 is 5.32 Å². The first-order valence-electron chi connectivity index (χ1n) is 7.94. The number of fused-ring (bicyclic) bond motifs is 1. The topological polar surface area (TPSA) is 59.3 Å². The highest BCUT2D eigenvalue weighted by Crippen LogP contribution is 2.33. The zero-order chi connectivity index (χ0) is 20.5. The number of hydrogen-bond acceptors (Lipinski definition) is 4. The van der Waals surface area contributed by atoms with Crippen LogP contribution in [0, 0.1) is 0 Å². The minimum Gasteiger partial charge on any atom is -0.349 e. The summed E-state index contributed by atoms with van der Waals surface area (Å²) in [5.74, 6) is -0.352. The lowest BCUT2D eigenvalue weighted by molar-refractivity contribution is -0.137. The van der Waals surface area contributed by atoms with Crippen LogP contribution in [0.1, 0.15) is 24.1 Å². The monoisotopic (exact) mass is 448 g/mol. The first-order valence-corrected chi connectivity index (χ1v) is 9.68. The maximum absolute atomic E-state index is 13.0. The summed E-state index contributed by atoms with van der Waals surface area (Å²) < 4.78 is 40.1. The molecule has 1 N–H and O–H groups in total. The molecule has 0 spiro atoms. The Labute approximate surface area is 172 Å². The molecule has 1 amide bonds. The summed E-state index contributed by atoms with van der Waals surface area (Å²) in [4.78, 5) is 12.2. The fraction of sp³-hybridized carbons (Fsp3) is 0.235. The van der Waals surface area contributed by atoms with Crippen molar-refractivity contribution in [3.63, 3.8) is 0 Å². The normalized spacial score (nSPS) is 12.9. The molecule has 0 aliphatic carbocycles. The predicted octanol–water partition coefficient (Wildman–Crippen LogP) is 5.02. The van der Waals surface area contributed by atoms with Gasteiger partial charge in [0.25, 0.3) is 0 Å². The highest BCUT2D eigenvalue weighted by molar-refractivity contribution is 7.99. The molecule has 11 heteroatoms. The maximum Gasteiger partial charge on any atom is 0.417 e. The van der Waals surface area contributed by atoms with E-state index in [0.717, 1.165) is 34.0 Å². The molecule has 0 fully saturated rings. The third-order valence-corrected chi connectivity index (χ3v) is 5.31. The van der Waals surface area contributed by atoms with Crippen molar-refractivity contribution < 1.29 is 18.0 Å². The van der Waals surface area contributed by atoms with Gasteiger partial charge in [0, 0.05) is 11.2 Å². The Morgan fingerprint density at radius 2 is 1.93 bits per heavy atom. The van der Waals surface area contributed by atoms with Crippen LogP contribution in [0.2, 0.25) is 10.0 Å². The smallest absolute Gasteiger partial charge is 0.349 e. The number of hydrogen-bond donors (Lipinski definition) is 1. The van der Waals surface area contributed by atoms with Crippen LogP contribution in [0.3, 0.4) is 0 Å². The number of halogens is 5. The van der Waals surface area contributed by atoms with Crippen molar-refractivity contribution in [2.24, 2.45) is 0 Å². The lowest BCUT2D eigenvalue weighted by Gasteiger charge is -2.14. The van der Waals surface area contributed by atoms with Gasteiger partial charge in [-0.1, -0.05) is 47.1 Å². The second-order valence-corrected chi connectivity index (χ2v) is 7.67. The van der Waals surface area contributed by atoms with Crippen molar-refractivity contribution in [3.8, 4) is 0 Å². The summed E-state index contributed by atoms with van der Waals surface area (Å²) in [7, 11) is 0. The van der Waals surface area contributed by atoms with Crippen molar-refractivity contribution in [2.45, 2.75) is 24.3 Å². The van der Waals surface area contributed by atoms with Crippen molar-refractivity contribution in [1.29, 1.82) is 0 Å². The number of rotatable bonds is 5. The summed E-state index contributed by atoms with van der Waals surface area (Å²) in [6.07, 6.45) is -3.70. The van der Waals surface area contributed by atoms with Crippen LogP contribution in [0.15, 0.2) is 41.7 Å². The standard InChI is InChI=1S/C17H13Cl2F3N4OS/c1-9(10-2-4-12(18)5-3-10)23-14(27)8-28-16-25-24-15-13(19)6-11(7-26(15)16)17(20,21)22/h2-7,9H,8H2,1H3,(H,23,27). The van der Waals surface area contributed by atoms with Gasteiger partial charge in [-0.05, 0) is 30.7 Å². The molecule has 2 heterocycles. The van der Waals surface area contributed by atoms with E-state index in [4.69, 9.17) is 23.2 Å². The second-order valence-electron chi connectivity index (χ2n) is 5.88. The van der Waals surface area contributed by atoms with Crippen LogP contribution in [0.4, 0.5) is 13.2 Å². The number of carbonyl (C=O) groups is 1. The van der Waals surface area contributed by atoms with Crippen molar-refractivity contribution in [1.82, 2.24) is 19.9 Å². The number of carbonyl (C=O) groups excluding carboxylic acids is 1. The average Bonchev–Trinajstić information content (AvgIpc) is 3.03. The van der Waals surface area contributed by atoms with Gasteiger partial charge in [-0.15, -0.1) is 10.2 Å². The Morgan fingerprint density at radius 1 is 1.25 bits per heavy atom. The Hall–Kier alpha value is -1.97. The van der Waals surface area contributed by atoms with Crippen LogP contribution < -0.4 is 5.32 Å². The summed E-state index contributed by atoms with van der Waals surface area (Å²) in [6, 6.07) is 7.57. The number of nitrogens with one attached hydrogen (secondary N) is 1. The zero-order valence-corrected chi connectivity index (χ0v) is 16.6. The summed E-state index contributed by atoms with van der Waals surface area (Å²) in [5, 5.41) is 11.0. The van der Waals surface area contributed by atoms with Crippen LogP contribution in [-0.2, 0) is 11.0 Å². The summed E-state index contributed by atoms with van der Waals surface area (Å²) in [6.45, 7) is 1.81. The predicted molar refractivity (Wildman–Crippen MR) is 102 cm³/mol. The van der Waals surface area contributed by atoms with Gasteiger partial charge in [0.15, 0.2) is 10.8 Å². The molecule has 0 aliphatic rings. The first kappa shape index (κ1) is 20.8. The number of nitrogens with zero attached hydrogens (tertiary/aromatic N) is 3. The number of thioether (sulfide) groups is 1. The van der Waals surface area contributed by atoms with Gasteiger partial charge in [-0.25, -0.2) is 0 Å². The van der Waals surface area contributed by atoms with Crippen molar-refractivity contribution in [3.05, 3.63) is 57.7 Å². The van der Waals surface area contributed by atoms with E-state index in [1.54, 1.807) is 24.3 Å². The molecule has 1 unspecified atom stereocenters. The third-order valence-electron chi connectivity index (χ3n) is 3.84. The van der Waals surface area contributed by atoms with E-state index in [1.165, 1.54) is 0 Å². The van der Waals surface area contributed by atoms with Crippen LogP contribution >= 0.6 is 35.0 Å². The fourth-order valence-electron chi connectivity index (χ4n) is 2.44. The Balaban J connectivity index is 1.70. The fourth-order valence-corrected chi connectivity index (χ4v) is 3.53. The van der Waals surface area contributed by atoms with Gasteiger partial charge in [0.05, 0.1) is 22.4 Å². The van der Waals surface area contributed by atoms with Gasteiger partial charge in [0.1, 0.15) is 0 Å². The molecule has 0 saturated carbocycles. The lowest BCUT2D eigenvalue weighted by Crippen LogP contribution is -2.28. The molecule has 148 valence electrons. The maximum atomic E-state index is 13.0. The molecule has 0 saturated heterocycles. The molecular formula is C17H13Cl2F3N4OS. The molecule has 0 radical (unpaired) electrons. The van der Waals surface area contributed by atoms with E-state index in [2.05, 4.69) is 15.5 Å². The molecule has 28 heavy (non-hydrogen) atoms. The van der Waals surface area contributed by atoms with Gasteiger partial charge in [0.2, 0.25) is 5.91 Å². The second kappa shape index (κ2) is 8.18. The van der Waals surface area contributed by atoms with Gasteiger partial charge in [-0.3, -0.25) is 9.20 Å². The van der Waals surface area contributed by atoms with E-state index < -0.39 is 11.7 Å². The number of aromatic nitrogens is 3. The van der Waals surface area contributed by atoms with Crippen LogP contribution in [0.5, 0.6) is 0 Å². The minimum absolute atomic E-state index is 0.0490.